The van der Waals surface area contributed by atoms with Crippen LogP contribution in [-0.2, 0) is 19.1 Å². The summed E-state index contributed by atoms with van der Waals surface area (Å²) in [6, 6.07) is 5.68. The molecule has 5 heteroatoms. The molecule has 0 radical (unpaired) electrons. The van der Waals surface area contributed by atoms with Gasteiger partial charge in [0.1, 0.15) is 5.82 Å². The number of hydrogen-bond donors (Lipinski definition) is 0. The van der Waals surface area contributed by atoms with Crippen LogP contribution < -0.4 is 0 Å². The van der Waals surface area contributed by atoms with Crippen LogP contribution in [0, 0.1) is 11.7 Å². The highest BCUT2D eigenvalue weighted by atomic mass is 19.1. The molecule has 21 heavy (non-hydrogen) atoms. The van der Waals surface area contributed by atoms with Crippen molar-refractivity contribution in [2.24, 2.45) is 5.92 Å². The molecule has 114 valence electrons. The van der Waals surface area contributed by atoms with Gasteiger partial charge in [0.15, 0.2) is 5.92 Å². The minimum atomic E-state index is -1.19. The summed E-state index contributed by atoms with van der Waals surface area (Å²) in [5.74, 6) is -3.76. The molecule has 0 aliphatic carbocycles. The van der Waals surface area contributed by atoms with E-state index in [0.717, 1.165) is 0 Å². The zero-order chi connectivity index (χ0) is 15.8. The molecule has 0 bridgehead atoms. The molecule has 0 N–H and O–H groups in total. The number of benzene rings is 1. The summed E-state index contributed by atoms with van der Waals surface area (Å²) in [7, 11) is 0. The first-order chi connectivity index (χ1) is 10.0. The number of hydrogen-bond acceptors (Lipinski definition) is 4. The van der Waals surface area contributed by atoms with Crippen molar-refractivity contribution in [3.05, 3.63) is 48.3 Å². The van der Waals surface area contributed by atoms with Crippen LogP contribution in [0.25, 0.3) is 0 Å². The van der Waals surface area contributed by atoms with Crippen LogP contribution in [0.4, 0.5) is 4.39 Å². The molecule has 0 unspecified atom stereocenters. The van der Waals surface area contributed by atoms with Crippen molar-refractivity contribution in [3.63, 3.8) is 0 Å². The number of allylic oxidation sites excluding steroid dienone is 1. The maximum Gasteiger partial charge on any atom is 0.321 e. The SMILES string of the molecule is C=C[C@@H](c1cccc(F)c1)C(C(=O)OCC)C(=O)OCC. The van der Waals surface area contributed by atoms with Crippen LogP contribution in [0.5, 0.6) is 0 Å². The Balaban J connectivity index is 3.16. The van der Waals surface area contributed by atoms with E-state index in [1.807, 2.05) is 0 Å². The number of esters is 2. The highest BCUT2D eigenvalue weighted by molar-refractivity contribution is 5.96. The van der Waals surface area contributed by atoms with Gasteiger partial charge in [-0.2, -0.15) is 0 Å². The Morgan fingerprint density at radius 2 is 1.81 bits per heavy atom. The van der Waals surface area contributed by atoms with Crippen LogP contribution in [0.1, 0.15) is 25.3 Å². The second-order valence-corrected chi connectivity index (χ2v) is 4.30. The second-order valence-electron chi connectivity index (χ2n) is 4.30. The molecule has 1 aromatic carbocycles. The zero-order valence-electron chi connectivity index (χ0n) is 12.2. The van der Waals surface area contributed by atoms with Gasteiger partial charge in [-0.05, 0) is 31.5 Å². The van der Waals surface area contributed by atoms with Gasteiger partial charge in [0.05, 0.1) is 13.2 Å². The van der Waals surface area contributed by atoms with Crippen LogP contribution >= 0.6 is 0 Å². The molecule has 0 aliphatic heterocycles. The number of carbonyl (C=O) groups is 2. The van der Waals surface area contributed by atoms with E-state index in [0.29, 0.717) is 5.56 Å². The van der Waals surface area contributed by atoms with E-state index < -0.39 is 29.6 Å². The monoisotopic (exact) mass is 294 g/mol. The normalized spacial score (nSPS) is 11.8. The lowest BCUT2D eigenvalue weighted by Gasteiger charge is -2.21. The molecule has 0 saturated carbocycles. The Morgan fingerprint density at radius 1 is 1.24 bits per heavy atom. The fourth-order valence-corrected chi connectivity index (χ4v) is 2.03. The average molecular weight is 294 g/mol. The molecule has 0 fully saturated rings. The number of halogens is 1. The molecule has 0 amide bonds. The average Bonchev–Trinajstić information content (AvgIpc) is 2.44. The first-order valence-electron chi connectivity index (χ1n) is 6.76. The molecule has 0 spiro atoms. The first-order valence-corrected chi connectivity index (χ1v) is 6.76. The Morgan fingerprint density at radius 3 is 2.24 bits per heavy atom. The minimum Gasteiger partial charge on any atom is -0.465 e. The van der Waals surface area contributed by atoms with Gasteiger partial charge in [-0.1, -0.05) is 18.2 Å². The smallest absolute Gasteiger partial charge is 0.321 e. The van der Waals surface area contributed by atoms with Gasteiger partial charge >= 0.3 is 11.9 Å². The van der Waals surface area contributed by atoms with E-state index in [4.69, 9.17) is 9.47 Å². The predicted molar refractivity (Wildman–Crippen MR) is 76.1 cm³/mol. The van der Waals surface area contributed by atoms with Crippen LogP contribution in [-0.4, -0.2) is 25.2 Å². The molecule has 4 nitrogen and oxygen atoms in total. The molecule has 1 aromatic rings. The van der Waals surface area contributed by atoms with E-state index in [-0.39, 0.29) is 13.2 Å². The van der Waals surface area contributed by atoms with Gasteiger partial charge < -0.3 is 9.47 Å². The minimum absolute atomic E-state index is 0.141. The van der Waals surface area contributed by atoms with Crippen molar-refractivity contribution in [2.75, 3.05) is 13.2 Å². The molecular weight excluding hydrogens is 275 g/mol. The summed E-state index contributed by atoms with van der Waals surface area (Å²) in [4.78, 5) is 24.1. The third kappa shape index (κ3) is 4.41. The lowest BCUT2D eigenvalue weighted by atomic mass is 9.86. The van der Waals surface area contributed by atoms with Gasteiger partial charge in [-0.15, -0.1) is 6.58 Å². The van der Waals surface area contributed by atoms with E-state index in [1.165, 1.54) is 24.3 Å². The van der Waals surface area contributed by atoms with Crippen molar-refractivity contribution in [3.8, 4) is 0 Å². The largest absolute Gasteiger partial charge is 0.465 e. The molecule has 0 aliphatic rings. The van der Waals surface area contributed by atoms with Gasteiger partial charge in [-0.3, -0.25) is 9.59 Å². The van der Waals surface area contributed by atoms with Crippen molar-refractivity contribution < 1.29 is 23.5 Å². The molecule has 0 heterocycles. The predicted octanol–water partition coefficient (Wildman–Crippen LogP) is 2.84. The van der Waals surface area contributed by atoms with Gasteiger partial charge in [0, 0.05) is 5.92 Å². The van der Waals surface area contributed by atoms with Crippen LogP contribution in [0.15, 0.2) is 36.9 Å². The summed E-state index contributed by atoms with van der Waals surface area (Å²) in [6.45, 7) is 7.20. The Kier molecular flexibility index (Phi) is 6.59. The molecule has 0 aromatic heterocycles. The summed E-state index contributed by atoms with van der Waals surface area (Å²) < 4.78 is 23.2. The zero-order valence-corrected chi connectivity index (χ0v) is 12.2. The molecule has 0 saturated heterocycles. The second kappa shape index (κ2) is 8.19. The summed E-state index contributed by atoms with van der Waals surface area (Å²) in [5, 5.41) is 0. The Labute approximate surface area is 123 Å². The van der Waals surface area contributed by atoms with Gasteiger partial charge in [0.25, 0.3) is 0 Å². The Hall–Kier alpha value is -2.17. The summed E-state index contributed by atoms with van der Waals surface area (Å²) in [6.07, 6.45) is 1.42. The quantitative estimate of drug-likeness (QED) is 0.441. The molecule has 1 atom stereocenters. The van der Waals surface area contributed by atoms with Crippen molar-refractivity contribution >= 4 is 11.9 Å². The Bertz CT molecular complexity index is 495. The number of rotatable bonds is 7. The lowest BCUT2D eigenvalue weighted by Crippen LogP contribution is -2.32. The van der Waals surface area contributed by atoms with E-state index in [2.05, 4.69) is 6.58 Å². The maximum atomic E-state index is 13.4. The maximum absolute atomic E-state index is 13.4. The van der Waals surface area contributed by atoms with Crippen LogP contribution in [0.2, 0.25) is 0 Å². The van der Waals surface area contributed by atoms with E-state index in [1.54, 1.807) is 19.9 Å². The van der Waals surface area contributed by atoms with Crippen LogP contribution in [0.3, 0.4) is 0 Å². The van der Waals surface area contributed by atoms with E-state index in [9.17, 15) is 14.0 Å². The fraction of sp³-hybridized carbons (Fsp3) is 0.375. The number of ether oxygens (including phenoxy) is 2. The fourth-order valence-electron chi connectivity index (χ4n) is 2.03. The molecular formula is C16H19FO4. The highest BCUT2D eigenvalue weighted by Gasteiger charge is 2.36. The topological polar surface area (TPSA) is 52.6 Å². The van der Waals surface area contributed by atoms with E-state index >= 15 is 0 Å². The van der Waals surface area contributed by atoms with Crippen molar-refractivity contribution in [1.82, 2.24) is 0 Å². The van der Waals surface area contributed by atoms with Gasteiger partial charge in [-0.25, -0.2) is 4.39 Å². The number of carbonyl (C=O) groups excluding carboxylic acids is 2. The summed E-state index contributed by atoms with van der Waals surface area (Å²) in [5.41, 5.74) is 0.469. The standard InChI is InChI=1S/C16H19FO4/c1-4-13(11-8-7-9-12(17)10-11)14(15(18)20-5-2)16(19)21-6-3/h4,7-10,13-14H,1,5-6H2,2-3H3/t13-/m0/s1. The van der Waals surface area contributed by atoms with Gasteiger partial charge in [0.2, 0.25) is 0 Å². The first kappa shape index (κ1) is 16.9. The summed E-state index contributed by atoms with van der Waals surface area (Å²) >= 11 is 0. The third-order valence-corrected chi connectivity index (χ3v) is 2.93. The van der Waals surface area contributed by atoms with Crippen molar-refractivity contribution in [1.29, 1.82) is 0 Å². The lowest BCUT2D eigenvalue weighted by molar-refractivity contribution is -0.162. The highest BCUT2D eigenvalue weighted by Crippen LogP contribution is 2.28. The third-order valence-electron chi connectivity index (χ3n) is 2.93. The van der Waals surface area contributed by atoms with Crippen molar-refractivity contribution in [2.45, 2.75) is 19.8 Å². The molecule has 1 rings (SSSR count).